The number of rotatable bonds is 5. The number of thioether (sulfide) groups is 1. The number of nitrogens with zero attached hydrogens (tertiary/aromatic N) is 1. The van der Waals surface area contributed by atoms with Crippen LogP contribution >= 0.6 is 11.8 Å². The summed E-state index contributed by atoms with van der Waals surface area (Å²) in [6, 6.07) is 15.9. The van der Waals surface area contributed by atoms with E-state index in [9.17, 15) is 8.78 Å². The van der Waals surface area contributed by atoms with E-state index in [1.165, 1.54) is 11.8 Å². The van der Waals surface area contributed by atoms with Crippen molar-refractivity contribution in [2.24, 2.45) is 0 Å². The van der Waals surface area contributed by atoms with Crippen LogP contribution in [0.1, 0.15) is 6.42 Å². The second-order valence-corrected chi connectivity index (χ2v) is 5.71. The first-order chi connectivity index (χ1) is 10.7. The Morgan fingerprint density at radius 1 is 1.09 bits per heavy atom. The number of fused-ring (bicyclic) bond motifs is 1. The third kappa shape index (κ3) is 3.54. The van der Waals surface area contributed by atoms with Crippen LogP contribution in [0.4, 0.5) is 8.78 Å². The van der Waals surface area contributed by atoms with E-state index in [-0.39, 0.29) is 0 Å². The molecule has 0 fully saturated rings. The maximum absolute atomic E-state index is 11.9. The first-order valence-electron chi connectivity index (χ1n) is 6.82. The highest BCUT2D eigenvalue weighted by Crippen LogP contribution is 2.28. The van der Waals surface area contributed by atoms with Crippen molar-refractivity contribution in [3.8, 4) is 11.1 Å². The molecular formula is C17H13F2NOS. The van der Waals surface area contributed by atoms with Crippen LogP contribution in [0.15, 0.2) is 70.3 Å². The average Bonchev–Trinajstić information content (AvgIpc) is 2.94. The van der Waals surface area contributed by atoms with Crippen molar-refractivity contribution in [1.82, 2.24) is 4.98 Å². The molecule has 2 aromatic carbocycles. The van der Waals surface area contributed by atoms with Crippen LogP contribution in [-0.4, -0.2) is 10.7 Å². The van der Waals surface area contributed by atoms with Gasteiger partial charge in [-0.1, -0.05) is 48.2 Å². The molecule has 0 spiro atoms. The van der Waals surface area contributed by atoms with Gasteiger partial charge in [-0.05, 0) is 35.8 Å². The van der Waals surface area contributed by atoms with Gasteiger partial charge in [0, 0.05) is 5.75 Å². The lowest BCUT2D eigenvalue weighted by atomic mass is 10.1. The molecule has 0 radical (unpaired) electrons. The predicted molar refractivity (Wildman–Crippen MR) is 85.1 cm³/mol. The molecule has 0 aliphatic rings. The molecule has 0 N–H and O–H groups in total. The second kappa shape index (κ2) is 6.75. The Morgan fingerprint density at radius 3 is 2.68 bits per heavy atom. The zero-order valence-corrected chi connectivity index (χ0v) is 12.4. The SMILES string of the molecule is FC(F)=CCCSc1nc2cc(-c3ccccc3)ccc2o1. The maximum atomic E-state index is 11.9. The predicted octanol–water partition coefficient (Wildman–Crippen LogP) is 5.76. The smallest absolute Gasteiger partial charge is 0.266 e. The summed E-state index contributed by atoms with van der Waals surface area (Å²) in [5, 5.41) is 0.507. The molecule has 3 aromatic rings. The third-order valence-corrected chi connectivity index (χ3v) is 3.98. The number of benzene rings is 2. The Bertz CT molecular complexity index is 795. The van der Waals surface area contributed by atoms with Crippen molar-refractivity contribution in [2.75, 3.05) is 5.75 Å². The number of allylic oxidation sites excluding steroid dienone is 1. The van der Waals surface area contributed by atoms with Gasteiger partial charge in [-0.2, -0.15) is 8.78 Å². The highest BCUT2D eigenvalue weighted by atomic mass is 32.2. The summed E-state index contributed by atoms with van der Waals surface area (Å²) in [6.07, 6.45) is -0.449. The minimum absolute atomic E-state index is 0.293. The summed E-state index contributed by atoms with van der Waals surface area (Å²) >= 11 is 1.33. The van der Waals surface area contributed by atoms with Crippen LogP contribution in [0, 0.1) is 0 Å². The van der Waals surface area contributed by atoms with Crippen LogP contribution in [-0.2, 0) is 0 Å². The highest BCUT2D eigenvalue weighted by Gasteiger charge is 2.07. The second-order valence-electron chi connectivity index (χ2n) is 4.66. The van der Waals surface area contributed by atoms with Crippen molar-refractivity contribution in [2.45, 2.75) is 11.6 Å². The lowest BCUT2D eigenvalue weighted by Crippen LogP contribution is -1.78. The van der Waals surface area contributed by atoms with Gasteiger partial charge in [0.1, 0.15) is 5.52 Å². The van der Waals surface area contributed by atoms with Crippen LogP contribution in [0.25, 0.3) is 22.2 Å². The number of hydrogen-bond donors (Lipinski definition) is 0. The summed E-state index contributed by atoms with van der Waals surface area (Å²) in [6.45, 7) is 0. The van der Waals surface area contributed by atoms with E-state index in [2.05, 4.69) is 4.98 Å². The fraction of sp³-hybridized carbons (Fsp3) is 0.118. The van der Waals surface area contributed by atoms with E-state index >= 15 is 0 Å². The van der Waals surface area contributed by atoms with E-state index in [0.29, 0.717) is 23.0 Å². The zero-order chi connectivity index (χ0) is 15.4. The van der Waals surface area contributed by atoms with E-state index < -0.39 is 6.08 Å². The van der Waals surface area contributed by atoms with Gasteiger partial charge >= 0.3 is 0 Å². The molecule has 0 atom stereocenters. The molecule has 5 heteroatoms. The van der Waals surface area contributed by atoms with Crippen molar-refractivity contribution in [3.63, 3.8) is 0 Å². The Balaban J connectivity index is 1.77. The Morgan fingerprint density at radius 2 is 1.91 bits per heavy atom. The summed E-state index contributed by atoms with van der Waals surface area (Å²) in [4.78, 5) is 4.40. The molecular weight excluding hydrogens is 304 g/mol. The monoisotopic (exact) mass is 317 g/mol. The molecule has 1 heterocycles. The topological polar surface area (TPSA) is 26.0 Å². The highest BCUT2D eigenvalue weighted by molar-refractivity contribution is 7.99. The van der Waals surface area contributed by atoms with Crippen LogP contribution in [0.5, 0.6) is 0 Å². The molecule has 0 saturated carbocycles. The molecule has 0 aliphatic carbocycles. The van der Waals surface area contributed by atoms with E-state index in [1.807, 2.05) is 48.5 Å². The number of halogens is 2. The van der Waals surface area contributed by atoms with E-state index in [1.54, 1.807) is 0 Å². The standard InChI is InChI=1S/C17H13F2NOS/c18-16(19)7-4-10-22-17-20-14-11-13(8-9-15(14)21-17)12-5-2-1-3-6-12/h1-3,5-9,11H,4,10H2. The average molecular weight is 317 g/mol. The Labute approximate surface area is 130 Å². The van der Waals surface area contributed by atoms with Crippen LogP contribution < -0.4 is 0 Å². The minimum atomic E-state index is -1.65. The summed E-state index contributed by atoms with van der Waals surface area (Å²) in [5.74, 6) is 0.510. The molecule has 0 unspecified atom stereocenters. The number of aromatic nitrogens is 1. The van der Waals surface area contributed by atoms with Crippen LogP contribution in [0.3, 0.4) is 0 Å². The van der Waals surface area contributed by atoms with Gasteiger partial charge in [-0.25, -0.2) is 4.98 Å². The molecule has 22 heavy (non-hydrogen) atoms. The molecule has 0 bridgehead atoms. The summed E-state index contributed by atoms with van der Waals surface area (Å²) in [5.41, 5.74) is 3.66. The molecule has 112 valence electrons. The van der Waals surface area contributed by atoms with Gasteiger partial charge in [0.25, 0.3) is 11.3 Å². The van der Waals surface area contributed by atoms with Gasteiger partial charge in [0.15, 0.2) is 5.58 Å². The summed E-state index contributed by atoms with van der Waals surface area (Å²) in [7, 11) is 0. The van der Waals surface area contributed by atoms with E-state index in [0.717, 1.165) is 22.7 Å². The molecule has 1 aromatic heterocycles. The quantitative estimate of drug-likeness (QED) is 0.442. The zero-order valence-electron chi connectivity index (χ0n) is 11.6. The number of oxazole rings is 1. The van der Waals surface area contributed by atoms with Gasteiger partial charge in [-0.3, -0.25) is 0 Å². The van der Waals surface area contributed by atoms with Crippen LogP contribution in [0.2, 0.25) is 0 Å². The normalized spacial score (nSPS) is 10.8. The fourth-order valence-corrected chi connectivity index (χ4v) is 2.81. The lowest BCUT2D eigenvalue weighted by molar-refractivity contribution is 0.418. The van der Waals surface area contributed by atoms with Gasteiger partial charge in [0.05, 0.1) is 0 Å². The third-order valence-electron chi connectivity index (χ3n) is 3.12. The molecule has 0 aliphatic heterocycles. The van der Waals surface area contributed by atoms with Crippen molar-refractivity contribution < 1.29 is 13.2 Å². The number of hydrogen-bond acceptors (Lipinski definition) is 3. The molecule has 0 saturated heterocycles. The Kier molecular flexibility index (Phi) is 4.53. The van der Waals surface area contributed by atoms with Gasteiger partial charge in [-0.15, -0.1) is 0 Å². The Hall–Kier alpha value is -2.14. The van der Waals surface area contributed by atoms with Gasteiger partial charge in [0.2, 0.25) is 0 Å². The van der Waals surface area contributed by atoms with Crippen molar-refractivity contribution >= 4 is 22.9 Å². The maximum Gasteiger partial charge on any atom is 0.266 e. The van der Waals surface area contributed by atoms with E-state index in [4.69, 9.17) is 4.42 Å². The molecule has 2 nitrogen and oxygen atoms in total. The summed E-state index contributed by atoms with van der Waals surface area (Å²) < 4.78 is 29.5. The van der Waals surface area contributed by atoms with Crippen molar-refractivity contribution in [1.29, 1.82) is 0 Å². The van der Waals surface area contributed by atoms with Gasteiger partial charge < -0.3 is 4.42 Å². The fourth-order valence-electron chi connectivity index (χ4n) is 2.09. The largest absolute Gasteiger partial charge is 0.431 e. The lowest BCUT2D eigenvalue weighted by Gasteiger charge is -1.99. The molecule has 3 rings (SSSR count). The first kappa shape index (κ1) is 14.8. The minimum Gasteiger partial charge on any atom is -0.431 e. The first-order valence-corrected chi connectivity index (χ1v) is 7.81. The molecule has 0 amide bonds. The van der Waals surface area contributed by atoms with Crippen molar-refractivity contribution in [3.05, 3.63) is 60.7 Å².